The quantitative estimate of drug-likeness (QED) is 0.706. The van der Waals surface area contributed by atoms with E-state index in [1.165, 1.54) is 6.42 Å². The topological polar surface area (TPSA) is 23.8 Å². The summed E-state index contributed by atoms with van der Waals surface area (Å²) in [5, 5.41) is 10.4. The standard InChI is InChI=1S/C13H13Cl2N/c14-12-7-3-6-11(13(12)15)10-5-2-1-4-9(10)8-16/h3,6-7,9-10H,1-2,4-5H2. The van der Waals surface area contributed by atoms with Crippen molar-refractivity contribution in [1.82, 2.24) is 0 Å². The summed E-state index contributed by atoms with van der Waals surface area (Å²) >= 11 is 12.2. The number of rotatable bonds is 1. The SMILES string of the molecule is N#CC1CCCCC1c1cccc(Cl)c1Cl. The second kappa shape index (κ2) is 5.08. The van der Waals surface area contributed by atoms with Gasteiger partial charge in [-0.3, -0.25) is 0 Å². The van der Waals surface area contributed by atoms with Gasteiger partial charge < -0.3 is 0 Å². The highest BCUT2D eigenvalue weighted by Gasteiger charge is 2.28. The summed E-state index contributed by atoms with van der Waals surface area (Å²) in [6.07, 6.45) is 4.33. The molecule has 2 rings (SSSR count). The van der Waals surface area contributed by atoms with Gasteiger partial charge in [-0.1, -0.05) is 48.2 Å². The van der Waals surface area contributed by atoms with Gasteiger partial charge in [-0.25, -0.2) is 0 Å². The van der Waals surface area contributed by atoms with Gasteiger partial charge in [0.1, 0.15) is 0 Å². The van der Waals surface area contributed by atoms with E-state index in [-0.39, 0.29) is 11.8 Å². The van der Waals surface area contributed by atoms with E-state index in [0.717, 1.165) is 24.8 Å². The van der Waals surface area contributed by atoms with Crippen LogP contribution in [0, 0.1) is 17.2 Å². The fourth-order valence-corrected chi connectivity index (χ4v) is 2.91. The van der Waals surface area contributed by atoms with Crippen LogP contribution in [0.1, 0.15) is 37.2 Å². The van der Waals surface area contributed by atoms with Crippen LogP contribution in [-0.4, -0.2) is 0 Å². The molecule has 0 heterocycles. The van der Waals surface area contributed by atoms with Gasteiger partial charge in [0.2, 0.25) is 0 Å². The molecule has 0 amide bonds. The number of hydrogen-bond acceptors (Lipinski definition) is 1. The molecule has 0 saturated heterocycles. The predicted octanol–water partition coefficient (Wildman–Crippen LogP) is 4.79. The molecule has 16 heavy (non-hydrogen) atoms. The third kappa shape index (κ3) is 2.19. The van der Waals surface area contributed by atoms with Crippen molar-refractivity contribution in [3.8, 4) is 6.07 Å². The second-order valence-corrected chi connectivity index (χ2v) is 5.05. The van der Waals surface area contributed by atoms with E-state index >= 15 is 0 Å². The summed E-state index contributed by atoms with van der Waals surface area (Å²) < 4.78 is 0. The van der Waals surface area contributed by atoms with E-state index in [1.54, 1.807) is 6.07 Å². The van der Waals surface area contributed by atoms with Crippen LogP contribution in [0.4, 0.5) is 0 Å². The maximum atomic E-state index is 9.16. The summed E-state index contributed by atoms with van der Waals surface area (Å²) in [5.74, 6) is 0.342. The molecule has 1 aromatic rings. The molecule has 1 saturated carbocycles. The first-order valence-corrected chi connectivity index (χ1v) is 6.33. The van der Waals surface area contributed by atoms with Crippen LogP contribution in [0.2, 0.25) is 10.0 Å². The first-order chi connectivity index (χ1) is 7.74. The number of nitrogens with zero attached hydrogens (tertiary/aromatic N) is 1. The minimum atomic E-state index is 0.0877. The lowest BCUT2D eigenvalue weighted by Crippen LogP contribution is -2.16. The molecule has 2 atom stereocenters. The smallest absolute Gasteiger partial charge is 0.0662 e. The van der Waals surface area contributed by atoms with Crippen molar-refractivity contribution in [2.75, 3.05) is 0 Å². The zero-order valence-corrected chi connectivity index (χ0v) is 10.4. The van der Waals surface area contributed by atoms with Gasteiger partial charge in [0.15, 0.2) is 0 Å². The molecule has 0 aromatic heterocycles. The Morgan fingerprint density at radius 2 is 1.94 bits per heavy atom. The molecule has 3 heteroatoms. The van der Waals surface area contributed by atoms with E-state index in [4.69, 9.17) is 28.5 Å². The first kappa shape index (κ1) is 11.8. The zero-order chi connectivity index (χ0) is 11.5. The van der Waals surface area contributed by atoms with Gasteiger partial charge in [-0.05, 0) is 24.5 Å². The largest absolute Gasteiger partial charge is 0.198 e. The molecule has 1 aliphatic carbocycles. The lowest BCUT2D eigenvalue weighted by atomic mass is 9.76. The molecule has 84 valence electrons. The second-order valence-electron chi connectivity index (χ2n) is 4.27. The van der Waals surface area contributed by atoms with Crippen LogP contribution in [-0.2, 0) is 0 Å². The van der Waals surface area contributed by atoms with Crippen molar-refractivity contribution in [3.63, 3.8) is 0 Å². The van der Waals surface area contributed by atoms with Crippen LogP contribution in [0.3, 0.4) is 0 Å². The van der Waals surface area contributed by atoms with Crippen LogP contribution in [0.25, 0.3) is 0 Å². The fraction of sp³-hybridized carbons (Fsp3) is 0.462. The number of nitriles is 1. The average molecular weight is 254 g/mol. The molecule has 0 radical (unpaired) electrons. The molecule has 2 unspecified atom stereocenters. The molecule has 1 aromatic carbocycles. The molecule has 0 spiro atoms. The maximum absolute atomic E-state index is 9.16. The third-order valence-electron chi connectivity index (χ3n) is 3.31. The van der Waals surface area contributed by atoms with Crippen LogP contribution < -0.4 is 0 Å². The van der Waals surface area contributed by atoms with Crippen molar-refractivity contribution in [3.05, 3.63) is 33.8 Å². The number of halogens is 2. The lowest BCUT2D eigenvalue weighted by Gasteiger charge is -2.27. The van der Waals surface area contributed by atoms with Gasteiger partial charge in [0.25, 0.3) is 0 Å². The molecule has 1 aliphatic rings. The van der Waals surface area contributed by atoms with Crippen molar-refractivity contribution >= 4 is 23.2 Å². The van der Waals surface area contributed by atoms with Crippen molar-refractivity contribution < 1.29 is 0 Å². The Morgan fingerprint density at radius 3 is 2.69 bits per heavy atom. The molecule has 1 nitrogen and oxygen atoms in total. The van der Waals surface area contributed by atoms with E-state index in [0.29, 0.717) is 10.0 Å². The Hall–Kier alpha value is -0.710. The third-order valence-corrected chi connectivity index (χ3v) is 4.15. The highest BCUT2D eigenvalue weighted by molar-refractivity contribution is 6.42. The Morgan fingerprint density at radius 1 is 1.19 bits per heavy atom. The Balaban J connectivity index is 2.35. The summed E-state index contributed by atoms with van der Waals surface area (Å²) in [6, 6.07) is 8.09. The molecule has 0 N–H and O–H groups in total. The van der Waals surface area contributed by atoms with Crippen LogP contribution >= 0.6 is 23.2 Å². The van der Waals surface area contributed by atoms with Gasteiger partial charge in [-0.15, -0.1) is 0 Å². The first-order valence-electron chi connectivity index (χ1n) is 5.57. The summed E-state index contributed by atoms with van der Waals surface area (Å²) in [5.41, 5.74) is 1.04. The summed E-state index contributed by atoms with van der Waals surface area (Å²) in [6.45, 7) is 0. The lowest BCUT2D eigenvalue weighted by molar-refractivity contribution is 0.369. The van der Waals surface area contributed by atoms with Crippen molar-refractivity contribution in [2.24, 2.45) is 5.92 Å². The predicted molar refractivity (Wildman–Crippen MR) is 66.8 cm³/mol. The van der Waals surface area contributed by atoms with Crippen molar-refractivity contribution in [1.29, 1.82) is 5.26 Å². The molecular weight excluding hydrogens is 241 g/mol. The van der Waals surface area contributed by atoms with E-state index in [2.05, 4.69) is 6.07 Å². The monoisotopic (exact) mass is 253 g/mol. The Bertz CT molecular complexity index is 422. The van der Waals surface area contributed by atoms with Gasteiger partial charge in [0, 0.05) is 5.92 Å². The van der Waals surface area contributed by atoms with Gasteiger partial charge >= 0.3 is 0 Å². The molecule has 0 bridgehead atoms. The normalized spacial score (nSPS) is 25.1. The minimum absolute atomic E-state index is 0.0877. The van der Waals surface area contributed by atoms with E-state index in [9.17, 15) is 0 Å². The molecular formula is C13H13Cl2N. The van der Waals surface area contributed by atoms with Crippen LogP contribution in [0.15, 0.2) is 18.2 Å². The highest BCUT2D eigenvalue weighted by atomic mass is 35.5. The Kier molecular flexibility index (Phi) is 3.74. The number of benzene rings is 1. The zero-order valence-electron chi connectivity index (χ0n) is 8.92. The van der Waals surface area contributed by atoms with E-state index in [1.807, 2.05) is 12.1 Å². The summed E-state index contributed by atoms with van der Waals surface area (Å²) in [7, 11) is 0. The number of hydrogen-bond donors (Lipinski definition) is 0. The highest BCUT2D eigenvalue weighted by Crippen LogP contribution is 2.41. The molecule has 1 fully saturated rings. The van der Waals surface area contributed by atoms with Gasteiger partial charge in [-0.2, -0.15) is 5.26 Å². The maximum Gasteiger partial charge on any atom is 0.0662 e. The van der Waals surface area contributed by atoms with Crippen LogP contribution in [0.5, 0.6) is 0 Å². The van der Waals surface area contributed by atoms with E-state index < -0.39 is 0 Å². The van der Waals surface area contributed by atoms with Gasteiger partial charge in [0.05, 0.1) is 22.0 Å². The fourth-order valence-electron chi connectivity index (χ4n) is 2.46. The minimum Gasteiger partial charge on any atom is -0.198 e. The van der Waals surface area contributed by atoms with Crippen molar-refractivity contribution in [2.45, 2.75) is 31.6 Å². The average Bonchev–Trinajstić information content (AvgIpc) is 2.33. The Labute approximate surface area is 106 Å². The summed E-state index contributed by atoms with van der Waals surface area (Å²) in [4.78, 5) is 0. The molecule has 0 aliphatic heterocycles.